The predicted molar refractivity (Wildman–Crippen MR) is 101 cm³/mol. The van der Waals surface area contributed by atoms with E-state index < -0.39 is 11.4 Å². The molecule has 0 spiro atoms. The highest BCUT2D eigenvalue weighted by Crippen LogP contribution is 2.45. The van der Waals surface area contributed by atoms with Gasteiger partial charge in [-0.3, -0.25) is 14.5 Å². The molecule has 7 heteroatoms. The molecule has 2 heterocycles. The van der Waals surface area contributed by atoms with E-state index in [0.29, 0.717) is 25.9 Å². The van der Waals surface area contributed by atoms with E-state index in [9.17, 15) is 14.4 Å². The number of primary amides is 2. The van der Waals surface area contributed by atoms with E-state index in [0.717, 1.165) is 43.4 Å². The summed E-state index contributed by atoms with van der Waals surface area (Å²) in [7, 11) is 0. The normalized spacial score (nSPS) is 26.4. The van der Waals surface area contributed by atoms with E-state index in [2.05, 4.69) is 0 Å². The molecule has 3 aliphatic rings. The number of carbonyl (C=O) groups excluding carboxylic acids is 3. The van der Waals surface area contributed by atoms with Gasteiger partial charge in [-0.05, 0) is 43.4 Å². The molecule has 3 fully saturated rings. The van der Waals surface area contributed by atoms with Crippen molar-refractivity contribution in [1.82, 2.24) is 4.90 Å². The summed E-state index contributed by atoms with van der Waals surface area (Å²) < 4.78 is 0. The van der Waals surface area contributed by atoms with E-state index in [1.165, 1.54) is 0 Å². The summed E-state index contributed by atoms with van der Waals surface area (Å²) in [4.78, 5) is 39.7. The van der Waals surface area contributed by atoms with Gasteiger partial charge in [-0.25, -0.2) is 4.79 Å². The van der Waals surface area contributed by atoms with E-state index in [4.69, 9.17) is 11.5 Å². The number of nitrogens with zero attached hydrogens (tertiary/aromatic N) is 2. The van der Waals surface area contributed by atoms with Gasteiger partial charge in [-0.2, -0.15) is 0 Å². The number of hydrogen-bond acceptors (Lipinski definition) is 3. The van der Waals surface area contributed by atoms with Crippen molar-refractivity contribution in [2.24, 2.45) is 11.5 Å². The first kappa shape index (κ1) is 17.8. The summed E-state index contributed by atoms with van der Waals surface area (Å²) in [6, 6.07) is 7.65. The van der Waals surface area contributed by atoms with Crippen molar-refractivity contribution >= 4 is 23.5 Å². The fourth-order valence-corrected chi connectivity index (χ4v) is 5.28. The third-order valence-electron chi connectivity index (χ3n) is 6.69. The molecular weight excluding hydrogens is 344 g/mol. The van der Waals surface area contributed by atoms with Gasteiger partial charge in [0.25, 0.3) is 0 Å². The minimum atomic E-state index is -0.881. The van der Waals surface area contributed by atoms with Crippen LogP contribution in [0.25, 0.3) is 0 Å². The van der Waals surface area contributed by atoms with Crippen molar-refractivity contribution in [2.45, 2.75) is 55.9 Å². The smallest absolute Gasteiger partial charge is 0.325 e. The van der Waals surface area contributed by atoms with Crippen LogP contribution in [0.1, 0.15) is 50.5 Å². The molecule has 1 aromatic carbocycles. The van der Waals surface area contributed by atoms with E-state index >= 15 is 0 Å². The lowest BCUT2D eigenvalue weighted by atomic mass is 9.76. The molecule has 27 heavy (non-hydrogen) atoms. The molecule has 4 N–H and O–H groups in total. The van der Waals surface area contributed by atoms with Crippen LogP contribution in [-0.2, 0) is 15.0 Å². The van der Waals surface area contributed by atoms with Crippen LogP contribution >= 0.6 is 0 Å². The van der Waals surface area contributed by atoms with Gasteiger partial charge in [-0.1, -0.05) is 25.0 Å². The second-order valence-electron chi connectivity index (χ2n) is 8.20. The monoisotopic (exact) mass is 370 g/mol. The third-order valence-corrected chi connectivity index (χ3v) is 6.69. The van der Waals surface area contributed by atoms with E-state index in [-0.39, 0.29) is 17.4 Å². The lowest BCUT2D eigenvalue weighted by molar-refractivity contribution is -0.125. The predicted octanol–water partition coefficient (Wildman–Crippen LogP) is 1.63. The molecule has 0 unspecified atom stereocenters. The van der Waals surface area contributed by atoms with Gasteiger partial charge in [0.15, 0.2) is 0 Å². The number of rotatable bonds is 5. The number of anilines is 1. The van der Waals surface area contributed by atoms with Crippen molar-refractivity contribution in [3.05, 3.63) is 29.8 Å². The topological polar surface area (TPSA) is 110 Å². The molecule has 4 amide bonds. The first-order valence-electron chi connectivity index (χ1n) is 9.66. The molecule has 2 aliphatic heterocycles. The van der Waals surface area contributed by atoms with Crippen LogP contribution in [0.15, 0.2) is 24.3 Å². The van der Waals surface area contributed by atoms with Crippen LogP contribution < -0.4 is 16.4 Å². The maximum absolute atomic E-state index is 12.8. The van der Waals surface area contributed by atoms with Crippen LogP contribution in [0.3, 0.4) is 0 Å². The van der Waals surface area contributed by atoms with E-state index in [1.54, 1.807) is 9.80 Å². The van der Waals surface area contributed by atoms with Crippen LogP contribution in [0, 0.1) is 0 Å². The minimum Gasteiger partial charge on any atom is -0.370 e. The molecule has 1 aliphatic carbocycles. The standard InChI is InChI=1S/C20H26N4O3/c21-16(25)12-19(8-1-2-9-19)14-4-6-15(7-5-14)23-13-20(17(22)26)10-3-11-24(20)18(23)27/h4-7H,1-3,8-13H2,(H2,21,25)(H2,22,26)/t20-/m1/s1. The lowest BCUT2D eigenvalue weighted by Gasteiger charge is -2.29. The van der Waals surface area contributed by atoms with E-state index in [1.807, 2.05) is 24.3 Å². The van der Waals surface area contributed by atoms with Crippen molar-refractivity contribution in [3.63, 3.8) is 0 Å². The molecule has 2 saturated heterocycles. The quantitative estimate of drug-likeness (QED) is 0.822. The first-order chi connectivity index (χ1) is 12.9. The highest BCUT2D eigenvalue weighted by molar-refractivity contribution is 6.03. The fraction of sp³-hybridized carbons (Fsp3) is 0.550. The number of nitrogens with two attached hydrogens (primary N) is 2. The maximum atomic E-state index is 12.8. The van der Waals surface area contributed by atoms with Crippen molar-refractivity contribution < 1.29 is 14.4 Å². The highest BCUT2D eigenvalue weighted by Gasteiger charge is 2.56. The molecule has 144 valence electrons. The Hall–Kier alpha value is -2.57. The fourth-order valence-electron chi connectivity index (χ4n) is 5.28. The Bertz CT molecular complexity index is 785. The highest BCUT2D eigenvalue weighted by atomic mass is 16.2. The van der Waals surface area contributed by atoms with Crippen LogP contribution in [0.5, 0.6) is 0 Å². The van der Waals surface area contributed by atoms with Crippen molar-refractivity contribution in [1.29, 1.82) is 0 Å². The Morgan fingerprint density at radius 3 is 2.22 bits per heavy atom. The second kappa shape index (κ2) is 6.25. The van der Waals surface area contributed by atoms with Gasteiger partial charge in [0, 0.05) is 24.1 Å². The van der Waals surface area contributed by atoms with Gasteiger partial charge in [0.2, 0.25) is 11.8 Å². The van der Waals surface area contributed by atoms with Crippen molar-refractivity contribution in [3.8, 4) is 0 Å². The largest absolute Gasteiger partial charge is 0.370 e. The first-order valence-corrected chi connectivity index (χ1v) is 9.66. The van der Waals surface area contributed by atoms with Crippen LogP contribution in [0.4, 0.5) is 10.5 Å². The van der Waals surface area contributed by atoms with Gasteiger partial charge in [0.1, 0.15) is 5.54 Å². The Kier molecular flexibility index (Phi) is 4.13. The Morgan fingerprint density at radius 1 is 1.00 bits per heavy atom. The summed E-state index contributed by atoms with van der Waals surface area (Å²) in [6.45, 7) is 0.866. The SMILES string of the molecule is NC(=O)CC1(c2ccc(N3C[C@@]4(C(N)=O)CCCN4C3=O)cc2)CCCC1. The molecule has 0 bridgehead atoms. The molecule has 0 aromatic heterocycles. The summed E-state index contributed by atoms with van der Waals surface area (Å²) in [5.74, 6) is -0.710. The number of carbonyl (C=O) groups is 3. The maximum Gasteiger partial charge on any atom is 0.325 e. The molecule has 1 atom stereocenters. The number of benzene rings is 1. The van der Waals surface area contributed by atoms with Crippen LogP contribution in [-0.4, -0.2) is 41.4 Å². The lowest BCUT2D eigenvalue weighted by Crippen LogP contribution is -2.52. The third kappa shape index (κ3) is 2.67. The zero-order valence-corrected chi connectivity index (χ0v) is 15.4. The summed E-state index contributed by atoms with van der Waals surface area (Å²) in [5.41, 5.74) is 11.9. The molecule has 1 saturated carbocycles. The molecular formula is C20H26N4O3. The van der Waals surface area contributed by atoms with Gasteiger partial charge in [0.05, 0.1) is 6.54 Å². The summed E-state index contributed by atoms with van der Waals surface area (Å²) in [5, 5.41) is 0. The summed E-state index contributed by atoms with van der Waals surface area (Å²) in [6.07, 6.45) is 5.87. The Balaban J connectivity index is 1.61. The molecule has 1 aromatic rings. The van der Waals surface area contributed by atoms with Gasteiger partial charge in [-0.15, -0.1) is 0 Å². The number of amides is 4. The minimum absolute atomic E-state index is 0.160. The second-order valence-corrected chi connectivity index (χ2v) is 8.20. The van der Waals surface area contributed by atoms with Gasteiger partial charge >= 0.3 is 6.03 Å². The number of fused-ring (bicyclic) bond motifs is 1. The zero-order chi connectivity index (χ0) is 19.2. The zero-order valence-electron chi connectivity index (χ0n) is 15.4. The number of hydrogen-bond donors (Lipinski definition) is 2. The average Bonchev–Trinajstić information content (AvgIpc) is 3.32. The molecule has 0 radical (unpaired) electrons. The van der Waals surface area contributed by atoms with Gasteiger partial charge < -0.3 is 16.4 Å². The summed E-state index contributed by atoms with van der Waals surface area (Å²) >= 11 is 0. The molecule has 4 rings (SSSR count). The average molecular weight is 370 g/mol. The number of urea groups is 1. The molecule has 7 nitrogen and oxygen atoms in total. The Morgan fingerprint density at radius 2 is 1.67 bits per heavy atom. The Labute approximate surface area is 158 Å². The van der Waals surface area contributed by atoms with Crippen LogP contribution in [0.2, 0.25) is 0 Å². The van der Waals surface area contributed by atoms with Crippen molar-refractivity contribution in [2.75, 3.05) is 18.0 Å².